The van der Waals surface area contributed by atoms with Crippen molar-refractivity contribution in [2.75, 3.05) is 0 Å². The van der Waals surface area contributed by atoms with E-state index < -0.39 is 0 Å². The number of aryl methyl sites for hydroxylation is 1. The zero-order valence-electron chi connectivity index (χ0n) is 8.81. The molecule has 0 fully saturated rings. The Morgan fingerprint density at radius 2 is 2.44 bits per heavy atom. The Morgan fingerprint density at radius 3 is 3.06 bits per heavy atom. The van der Waals surface area contributed by atoms with E-state index in [-0.39, 0.29) is 5.78 Å². The molecule has 0 spiro atoms. The molecule has 0 N–H and O–H groups in total. The van der Waals surface area contributed by atoms with Gasteiger partial charge in [-0.05, 0) is 18.4 Å². The largest absolute Gasteiger partial charge is 0.292 e. The van der Waals surface area contributed by atoms with E-state index >= 15 is 0 Å². The molecular weight excluding hydrogens is 244 g/mol. The highest BCUT2D eigenvalue weighted by Gasteiger charge is 2.17. The van der Waals surface area contributed by atoms with Crippen LogP contribution in [0.1, 0.15) is 22.3 Å². The third-order valence-electron chi connectivity index (χ3n) is 2.27. The second-order valence-corrected chi connectivity index (χ2v) is 4.78. The average Bonchev–Trinajstić information content (AvgIpc) is 2.87. The van der Waals surface area contributed by atoms with Crippen LogP contribution in [0.2, 0.25) is 5.02 Å². The van der Waals surface area contributed by atoms with Crippen molar-refractivity contribution in [2.45, 2.75) is 19.9 Å². The molecule has 0 saturated heterocycles. The molecule has 16 heavy (non-hydrogen) atoms. The van der Waals surface area contributed by atoms with Crippen molar-refractivity contribution < 1.29 is 4.79 Å². The van der Waals surface area contributed by atoms with Crippen LogP contribution in [-0.2, 0) is 13.0 Å². The van der Waals surface area contributed by atoms with Gasteiger partial charge in [-0.3, -0.25) is 9.48 Å². The number of nitrogens with zero attached hydrogens (tertiary/aromatic N) is 2. The normalized spacial score (nSPS) is 10.6. The van der Waals surface area contributed by atoms with Gasteiger partial charge in [-0.25, -0.2) is 0 Å². The Kier molecular flexibility index (Phi) is 3.41. The number of thiophene rings is 1. The summed E-state index contributed by atoms with van der Waals surface area (Å²) in [6.45, 7) is 2.59. The molecule has 0 aliphatic rings. The van der Waals surface area contributed by atoms with Crippen molar-refractivity contribution in [3.05, 3.63) is 39.3 Å². The number of halogens is 1. The van der Waals surface area contributed by atoms with Gasteiger partial charge in [0.05, 0.1) is 11.2 Å². The second-order valence-electron chi connectivity index (χ2n) is 3.34. The fourth-order valence-corrected chi connectivity index (χ4v) is 2.48. The summed E-state index contributed by atoms with van der Waals surface area (Å²) in [6, 6.07) is 3.88. The third-order valence-corrected chi connectivity index (χ3v) is 3.43. The van der Waals surface area contributed by atoms with Crippen molar-refractivity contribution in [1.82, 2.24) is 9.78 Å². The number of hydrogen-bond acceptors (Lipinski definition) is 3. The first-order valence-electron chi connectivity index (χ1n) is 4.99. The zero-order valence-corrected chi connectivity index (χ0v) is 10.4. The maximum atomic E-state index is 12.0. The smallest absolute Gasteiger partial charge is 0.187 e. The van der Waals surface area contributed by atoms with Gasteiger partial charge >= 0.3 is 0 Å². The predicted molar refractivity (Wildman–Crippen MR) is 65.3 cm³/mol. The monoisotopic (exact) mass is 254 g/mol. The van der Waals surface area contributed by atoms with Crippen LogP contribution in [0.3, 0.4) is 0 Å². The summed E-state index contributed by atoms with van der Waals surface area (Å²) in [4.78, 5) is 13.1. The van der Waals surface area contributed by atoms with Crippen LogP contribution in [0.5, 0.6) is 0 Å². The van der Waals surface area contributed by atoms with Crippen LogP contribution in [0, 0.1) is 0 Å². The molecule has 0 aliphatic carbocycles. The number of hydrogen-bond donors (Lipinski definition) is 0. The minimum absolute atomic E-state index is 0.0202. The topological polar surface area (TPSA) is 34.9 Å². The van der Waals surface area contributed by atoms with E-state index in [4.69, 9.17) is 11.6 Å². The van der Waals surface area contributed by atoms with E-state index in [1.165, 1.54) is 6.20 Å². The van der Waals surface area contributed by atoms with Crippen LogP contribution in [0.25, 0.3) is 0 Å². The SMILES string of the molecule is CCn1ncc(Cl)c1C(=O)Cc1cccs1. The summed E-state index contributed by atoms with van der Waals surface area (Å²) >= 11 is 7.53. The molecule has 3 nitrogen and oxygen atoms in total. The molecule has 2 rings (SSSR count). The number of aromatic nitrogens is 2. The Balaban J connectivity index is 2.23. The van der Waals surface area contributed by atoms with Crippen LogP contribution in [0.15, 0.2) is 23.7 Å². The van der Waals surface area contributed by atoms with Crippen molar-refractivity contribution >= 4 is 28.7 Å². The highest BCUT2D eigenvalue weighted by atomic mass is 35.5. The Labute approximate surface area is 103 Å². The minimum Gasteiger partial charge on any atom is -0.292 e. The maximum Gasteiger partial charge on any atom is 0.187 e. The van der Waals surface area contributed by atoms with Gasteiger partial charge in [-0.15, -0.1) is 11.3 Å². The fraction of sp³-hybridized carbons (Fsp3) is 0.273. The highest BCUT2D eigenvalue weighted by Crippen LogP contribution is 2.19. The van der Waals surface area contributed by atoms with E-state index in [1.54, 1.807) is 16.0 Å². The van der Waals surface area contributed by atoms with Crippen molar-refractivity contribution in [3.8, 4) is 0 Å². The van der Waals surface area contributed by atoms with Gasteiger partial charge in [-0.2, -0.15) is 5.10 Å². The van der Waals surface area contributed by atoms with Gasteiger partial charge < -0.3 is 0 Å². The minimum atomic E-state index is 0.0202. The molecule has 0 aliphatic heterocycles. The molecule has 2 aromatic heterocycles. The summed E-state index contributed by atoms with van der Waals surface area (Å²) in [5, 5.41) is 6.45. The van der Waals surface area contributed by atoms with Crippen LogP contribution < -0.4 is 0 Å². The van der Waals surface area contributed by atoms with Crippen molar-refractivity contribution in [2.24, 2.45) is 0 Å². The molecule has 0 radical (unpaired) electrons. The van der Waals surface area contributed by atoms with Crippen LogP contribution in [0.4, 0.5) is 0 Å². The highest BCUT2D eigenvalue weighted by molar-refractivity contribution is 7.10. The van der Waals surface area contributed by atoms with E-state index in [1.807, 2.05) is 24.4 Å². The second kappa shape index (κ2) is 4.80. The summed E-state index contributed by atoms with van der Waals surface area (Å²) in [6.07, 6.45) is 1.91. The third kappa shape index (κ3) is 2.18. The van der Waals surface area contributed by atoms with Crippen LogP contribution in [-0.4, -0.2) is 15.6 Å². The van der Waals surface area contributed by atoms with E-state index in [0.717, 1.165) is 4.88 Å². The number of carbonyl (C=O) groups excluding carboxylic acids is 1. The lowest BCUT2D eigenvalue weighted by atomic mass is 10.2. The quantitative estimate of drug-likeness (QED) is 0.786. The van der Waals surface area contributed by atoms with Gasteiger partial charge in [0.15, 0.2) is 5.78 Å². The summed E-state index contributed by atoms with van der Waals surface area (Å²) < 4.78 is 1.64. The van der Waals surface area contributed by atoms with E-state index in [2.05, 4.69) is 5.10 Å². The summed E-state index contributed by atoms with van der Waals surface area (Å²) in [7, 11) is 0. The van der Waals surface area contributed by atoms with E-state index in [0.29, 0.717) is 23.7 Å². The molecule has 0 aromatic carbocycles. The molecule has 2 aromatic rings. The number of Topliss-reactive ketones (excluding diaryl/α,β-unsaturated/α-hetero) is 1. The van der Waals surface area contributed by atoms with Gasteiger partial charge in [0.25, 0.3) is 0 Å². The average molecular weight is 255 g/mol. The molecule has 0 atom stereocenters. The summed E-state index contributed by atoms with van der Waals surface area (Å²) in [5.74, 6) is 0.0202. The number of ketones is 1. The molecule has 0 amide bonds. The van der Waals surface area contributed by atoms with Gasteiger partial charge in [0, 0.05) is 17.8 Å². The molecule has 0 saturated carbocycles. The van der Waals surface area contributed by atoms with Gasteiger partial charge in [0.1, 0.15) is 5.69 Å². The Morgan fingerprint density at radius 1 is 1.62 bits per heavy atom. The molecule has 0 unspecified atom stereocenters. The van der Waals surface area contributed by atoms with Crippen LogP contribution >= 0.6 is 22.9 Å². The lowest BCUT2D eigenvalue weighted by Crippen LogP contribution is -2.11. The van der Waals surface area contributed by atoms with Crippen molar-refractivity contribution in [1.29, 1.82) is 0 Å². The summed E-state index contributed by atoms with van der Waals surface area (Å²) in [5.41, 5.74) is 0.512. The first kappa shape index (κ1) is 11.4. The first-order valence-corrected chi connectivity index (χ1v) is 6.25. The van der Waals surface area contributed by atoms with Gasteiger partial charge in [-0.1, -0.05) is 17.7 Å². The number of carbonyl (C=O) groups is 1. The Hall–Kier alpha value is -1.13. The zero-order chi connectivity index (χ0) is 11.5. The standard InChI is InChI=1S/C11H11ClN2OS/c1-2-14-11(9(12)7-13-14)10(15)6-8-4-3-5-16-8/h3-5,7H,2,6H2,1H3. The van der Waals surface area contributed by atoms with Gasteiger partial charge in [0.2, 0.25) is 0 Å². The molecule has 5 heteroatoms. The van der Waals surface area contributed by atoms with E-state index in [9.17, 15) is 4.79 Å². The molecule has 0 bridgehead atoms. The maximum absolute atomic E-state index is 12.0. The Bertz CT molecular complexity index is 490. The van der Waals surface area contributed by atoms with Crippen molar-refractivity contribution in [3.63, 3.8) is 0 Å². The molecule has 84 valence electrons. The first-order chi connectivity index (χ1) is 7.72. The number of rotatable bonds is 4. The lowest BCUT2D eigenvalue weighted by Gasteiger charge is -2.03. The predicted octanol–water partition coefficient (Wildman–Crippen LogP) is 3.04. The lowest BCUT2D eigenvalue weighted by molar-refractivity contribution is 0.0984. The molecular formula is C11H11ClN2OS. The molecule has 2 heterocycles. The fourth-order valence-electron chi connectivity index (χ4n) is 1.53.